The second-order valence-electron chi connectivity index (χ2n) is 7.79. The number of nitrogens with one attached hydrogen (secondary N) is 2. The largest absolute Gasteiger partial charge is 0.379 e. The minimum Gasteiger partial charge on any atom is -0.379 e. The monoisotopic (exact) mass is 530 g/mol. The predicted molar refractivity (Wildman–Crippen MR) is 135 cm³/mol. The van der Waals surface area contributed by atoms with Crippen LogP contribution in [-0.4, -0.2) is 99.8 Å². The van der Waals surface area contributed by atoms with Crippen LogP contribution in [0, 0.1) is 0 Å². The summed E-state index contributed by atoms with van der Waals surface area (Å²) < 4.78 is 5.47. The number of rotatable bonds is 8. The highest BCUT2D eigenvalue weighted by atomic mass is 127. The predicted octanol–water partition coefficient (Wildman–Crippen LogP) is 1.44. The first kappa shape index (κ1) is 25.3. The molecule has 0 aromatic heterocycles. The molecule has 2 fully saturated rings. The fraction of sp³-hybridized carbons (Fsp3) is 0.682. The molecule has 1 aromatic rings. The highest BCUT2D eigenvalue weighted by Gasteiger charge is 2.15. The van der Waals surface area contributed by atoms with E-state index < -0.39 is 0 Å². The SMILES string of the molecule is CCN1CCN(CCNC(=NC)NCc2ccccc2CN2CCOCC2)CC1.I. The van der Waals surface area contributed by atoms with Crippen molar-refractivity contribution in [1.82, 2.24) is 25.3 Å². The molecule has 0 radical (unpaired) electrons. The molecule has 0 amide bonds. The zero-order valence-corrected chi connectivity index (χ0v) is 20.9. The molecule has 30 heavy (non-hydrogen) atoms. The minimum atomic E-state index is 0. The zero-order chi connectivity index (χ0) is 20.3. The van der Waals surface area contributed by atoms with E-state index in [-0.39, 0.29) is 24.0 Å². The third-order valence-corrected chi connectivity index (χ3v) is 5.92. The Morgan fingerprint density at radius 3 is 2.27 bits per heavy atom. The normalized spacial score (nSPS) is 19.3. The van der Waals surface area contributed by atoms with Gasteiger partial charge in [-0.15, -0.1) is 24.0 Å². The van der Waals surface area contributed by atoms with E-state index in [0.29, 0.717) is 0 Å². The Morgan fingerprint density at radius 2 is 1.60 bits per heavy atom. The fourth-order valence-corrected chi connectivity index (χ4v) is 3.95. The second kappa shape index (κ2) is 14.2. The van der Waals surface area contributed by atoms with Gasteiger partial charge in [0.2, 0.25) is 0 Å². The Balaban J connectivity index is 0.00000320. The number of ether oxygens (including phenoxy) is 1. The topological polar surface area (TPSA) is 55.4 Å². The fourth-order valence-electron chi connectivity index (χ4n) is 3.95. The summed E-state index contributed by atoms with van der Waals surface area (Å²) >= 11 is 0. The summed E-state index contributed by atoms with van der Waals surface area (Å²) in [7, 11) is 1.84. The standard InChI is InChI=1S/C22H38N6O.HI/c1-3-26-10-12-27(13-11-26)9-8-24-22(23-2)25-18-20-6-4-5-7-21(20)19-28-14-16-29-17-15-28;/h4-7H,3,8-19H2,1-2H3,(H2,23,24,25);1H. The molecule has 2 heterocycles. The lowest BCUT2D eigenvalue weighted by Gasteiger charge is -2.34. The van der Waals surface area contributed by atoms with Crippen molar-refractivity contribution in [2.75, 3.05) is 79.2 Å². The van der Waals surface area contributed by atoms with Crippen LogP contribution in [0.2, 0.25) is 0 Å². The Bertz CT molecular complexity index is 630. The summed E-state index contributed by atoms with van der Waals surface area (Å²) in [5.74, 6) is 0.873. The average molecular weight is 530 g/mol. The Labute approximate surface area is 199 Å². The molecule has 0 unspecified atom stereocenters. The van der Waals surface area contributed by atoms with Crippen LogP contribution >= 0.6 is 24.0 Å². The smallest absolute Gasteiger partial charge is 0.191 e. The molecule has 0 atom stereocenters. The van der Waals surface area contributed by atoms with Crippen LogP contribution in [0.15, 0.2) is 29.3 Å². The summed E-state index contributed by atoms with van der Waals surface area (Å²) in [5, 5.41) is 6.96. The lowest BCUT2D eigenvalue weighted by atomic mass is 10.1. The van der Waals surface area contributed by atoms with E-state index in [0.717, 1.165) is 78.1 Å². The number of nitrogens with zero attached hydrogens (tertiary/aromatic N) is 4. The van der Waals surface area contributed by atoms with Gasteiger partial charge in [0.15, 0.2) is 5.96 Å². The van der Waals surface area contributed by atoms with Crippen LogP contribution in [0.25, 0.3) is 0 Å². The number of halogens is 1. The second-order valence-corrected chi connectivity index (χ2v) is 7.79. The molecule has 0 aliphatic carbocycles. The molecule has 170 valence electrons. The molecule has 2 N–H and O–H groups in total. The molecular formula is C22H39IN6O. The van der Waals surface area contributed by atoms with Gasteiger partial charge in [-0.25, -0.2) is 0 Å². The summed E-state index contributed by atoms with van der Waals surface area (Å²) in [6.45, 7) is 15.5. The number of hydrogen-bond acceptors (Lipinski definition) is 5. The maximum absolute atomic E-state index is 5.47. The molecular weight excluding hydrogens is 491 g/mol. The van der Waals surface area contributed by atoms with E-state index in [4.69, 9.17) is 4.74 Å². The number of aliphatic imine (C=N–C) groups is 1. The van der Waals surface area contributed by atoms with Gasteiger partial charge in [0.1, 0.15) is 0 Å². The molecule has 2 aliphatic rings. The number of piperazine rings is 1. The molecule has 3 rings (SSSR count). The van der Waals surface area contributed by atoms with Gasteiger partial charge < -0.3 is 20.3 Å². The molecule has 0 saturated carbocycles. The van der Waals surface area contributed by atoms with Gasteiger partial charge in [0.25, 0.3) is 0 Å². The van der Waals surface area contributed by atoms with Crippen LogP contribution in [-0.2, 0) is 17.8 Å². The number of hydrogen-bond donors (Lipinski definition) is 2. The van der Waals surface area contributed by atoms with E-state index in [1.54, 1.807) is 0 Å². The van der Waals surface area contributed by atoms with E-state index in [1.165, 1.54) is 24.2 Å². The van der Waals surface area contributed by atoms with E-state index in [1.807, 2.05) is 7.05 Å². The molecule has 0 bridgehead atoms. The lowest BCUT2D eigenvalue weighted by Crippen LogP contribution is -2.49. The average Bonchev–Trinajstić information content (AvgIpc) is 2.78. The molecule has 2 saturated heterocycles. The third-order valence-electron chi connectivity index (χ3n) is 5.92. The number of likely N-dealkylation sites (N-methyl/N-ethyl adjacent to an activating group) is 1. The van der Waals surface area contributed by atoms with Crippen molar-refractivity contribution in [3.8, 4) is 0 Å². The zero-order valence-electron chi connectivity index (χ0n) is 18.6. The van der Waals surface area contributed by atoms with Crippen molar-refractivity contribution >= 4 is 29.9 Å². The van der Waals surface area contributed by atoms with E-state index in [9.17, 15) is 0 Å². The van der Waals surface area contributed by atoms with E-state index >= 15 is 0 Å². The maximum Gasteiger partial charge on any atom is 0.191 e. The van der Waals surface area contributed by atoms with Gasteiger partial charge in [0, 0.05) is 72.5 Å². The lowest BCUT2D eigenvalue weighted by molar-refractivity contribution is 0.0341. The van der Waals surface area contributed by atoms with Gasteiger partial charge in [-0.05, 0) is 17.7 Å². The molecule has 8 heteroatoms. The van der Waals surface area contributed by atoms with Crippen molar-refractivity contribution in [1.29, 1.82) is 0 Å². The van der Waals surface area contributed by atoms with Gasteiger partial charge >= 0.3 is 0 Å². The van der Waals surface area contributed by atoms with Gasteiger partial charge in [-0.1, -0.05) is 31.2 Å². The molecule has 7 nitrogen and oxygen atoms in total. The van der Waals surface area contributed by atoms with Crippen LogP contribution < -0.4 is 10.6 Å². The first-order chi connectivity index (χ1) is 14.3. The summed E-state index contributed by atoms with van der Waals surface area (Å²) in [6.07, 6.45) is 0. The quantitative estimate of drug-likeness (QED) is 0.302. The molecule has 0 spiro atoms. The summed E-state index contributed by atoms with van der Waals surface area (Å²) in [5.41, 5.74) is 2.71. The third kappa shape index (κ3) is 8.30. The van der Waals surface area contributed by atoms with Gasteiger partial charge in [-0.3, -0.25) is 14.8 Å². The first-order valence-corrected chi connectivity index (χ1v) is 11.0. The highest BCUT2D eigenvalue weighted by Crippen LogP contribution is 2.13. The molecule has 1 aromatic carbocycles. The summed E-state index contributed by atoms with van der Waals surface area (Å²) in [4.78, 5) is 11.9. The van der Waals surface area contributed by atoms with Crippen LogP contribution in [0.1, 0.15) is 18.1 Å². The van der Waals surface area contributed by atoms with Crippen molar-refractivity contribution in [2.45, 2.75) is 20.0 Å². The van der Waals surface area contributed by atoms with Crippen molar-refractivity contribution in [3.05, 3.63) is 35.4 Å². The Hall–Kier alpha value is -0.940. The molecule has 2 aliphatic heterocycles. The van der Waals surface area contributed by atoms with E-state index in [2.05, 4.69) is 61.5 Å². The number of guanidine groups is 1. The van der Waals surface area contributed by atoms with Crippen LogP contribution in [0.5, 0.6) is 0 Å². The van der Waals surface area contributed by atoms with Crippen LogP contribution in [0.3, 0.4) is 0 Å². The number of benzene rings is 1. The summed E-state index contributed by atoms with van der Waals surface area (Å²) in [6, 6.07) is 8.69. The van der Waals surface area contributed by atoms with Crippen molar-refractivity contribution < 1.29 is 4.74 Å². The Kier molecular flexibility index (Phi) is 12.0. The highest BCUT2D eigenvalue weighted by molar-refractivity contribution is 14.0. The number of morpholine rings is 1. The first-order valence-electron chi connectivity index (χ1n) is 11.0. The Morgan fingerprint density at radius 1 is 0.933 bits per heavy atom. The van der Waals surface area contributed by atoms with Gasteiger partial charge in [0.05, 0.1) is 13.2 Å². The minimum absolute atomic E-state index is 0. The van der Waals surface area contributed by atoms with Crippen molar-refractivity contribution in [2.24, 2.45) is 4.99 Å². The maximum atomic E-state index is 5.47. The van der Waals surface area contributed by atoms with Gasteiger partial charge in [-0.2, -0.15) is 0 Å². The van der Waals surface area contributed by atoms with Crippen LogP contribution in [0.4, 0.5) is 0 Å². The van der Waals surface area contributed by atoms with Crippen molar-refractivity contribution in [3.63, 3.8) is 0 Å².